The summed E-state index contributed by atoms with van der Waals surface area (Å²) in [5.74, 6) is 1.14. The van der Waals surface area contributed by atoms with Crippen LogP contribution >= 0.6 is 11.6 Å². The highest BCUT2D eigenvalue weighted by Gasteiger charge is 2.31. The average molecular weight is 410 g/mol. The van der Waals surface area contributed by atoms with Crippen molar-refractivity contribution in [2.45, 2.75) is 17.9 Å². The van der Waals surface area contributed by atoms with E-state index >= 15 is 0 Å². The van der Waals surface area contributed by atoms with Crippen LogP contribution in [0.25, 0.3) is 0 Å². The Hall–Kier alpha value is -2.36. The molecule has 0 radical (unpaired) electrons. The third-order valence-corrected chi connectivity index (χ3v) is 6.30. The molecule has 1 atom stereocenters. The zero-order chi connectivity index (χ0) is 19.8. The van der Waals surface area contributed by atoms with Gasteiger partial charge in [-0.25, -0.2) is 13.4 Å². The van der Waals surface area contributed by atoms with E-state index in [0.717, 1.165) is 0 Å². The van der Waals surface area contributed by atoms with Gasteiger partial charge in [0.15, 0.2) is 0 Å². The van der Waals surface area contributed by atoms with Gasteiger partial charge in [0, 0.05) is 26.5 Å². The molecular weight excluding hydrogens is 390 g/mol. The molecule has 8 nitrogen and oxygen atoms in total. The van der Waals surface area contributed by atoms with Gasteiger partial charge >= 0.3 is 0 Å². The van der Waals surface area contributed by atoms with E-state index in [-0.39, 0.29) is 10.0 Å². The first-order valence-corrected chi connectivity index (χ1v) is 9.93. The SMILES string of the molecule is COc1cccc(C(NS(=O)(=O)c2c(C)nn(C)c2Cl)c2nccn2C)c1. The molecule has 2 aromatic heterocycles. The number of benzene rings is 1. The number of ether oxygens (including phenoxy) is 1. The summed E-state index contributed by atoms with van der Waals surface area (Å²) in [7, 11) is 0.971. The number of nitrogens with zero attached hydrogens (tertiary/aromatic N) is 4. The summed E-state index contributed by atoms with van der Waals surface area (Å²) in [5.41, 5.74) is 1.00. The van der Waals surface area contributed by atoms with E-state index in [4.69, 9.17) is 16.3 Å². The largest absolute Gasteiger partial charge is 0.497 e. The van der Waals surface area contributed by atoms with Gasteiger partial charge in [0.1, 0.15) is 27.7 Å². The molecule has 0 aliphatic rings. The van der Waals surface area contributed by atoms with Crippen molar-refractivity contribution < 1.29 is 13.2 Å². The minimum absolute atomic E-state index is 0.0456. The van der Waals surface area contributed by atoms with Gasteiger partial charge in [-0.3, -0.25) is 4.68 Å². The van der Waals surface area contributed by atoms with Crippen molar-refractivity contribution in [3.8, 4) is 5.75 Å². The molecule has 1 N–H and O–H groups in total. The lowest BCUT2D eigenvalue weighted by Crippen LogP contribution is -2.31. The number of aromatic nitrogens is 4. The van der Waals surface area contributed by atoms with Crippen LogP contribution in [-0.2, 0) is 24.1 Å². The summed E-state index contributed by atoms with van der Waals surface area (Å²) >= 11 is 6.17. The number of sulfonamides is 1. The van der Waals surface area contributed by atoms with Crippen molar-refractivity contribution in [2.24, 2.45) is 14.1 Å². The molecule has 0 amide bonds. The molecule has 0 fully saturated rings. The maximum atomic E-state index is 13.1. The molecule has 27 heavy (non-hydrogen) atoms. The highest BCUT2D eigenvalue weighted by atomic mass is 35.5. The molecule has 0 saturated carbocycles. The Morgan fingerprint density at radius 2 is 2.04 bits per heavy atom. The molecule has 10 heteroatoms. The van der Waals surface area contributed by atoms with Crippen LogP contribution in [0.2, 0.25) is 5.15 Å². The Morgan fingerprint density at radius 1 is 1.30 bits per heavy atom. The van der Waals surface area contributed by atoms with Crippen LogP contribution in [0.3, 0.4) is 0 Å². The Labute approximate surface area is 162 Å². The smallest absolute Gasteiger partial charge is 0.246 e. The van der Waals surface area contributed by atoms with Crippen molar-refractivity contribution in [2.75, 3.05) is 7.11 Å². The van der Waals surface area contributed by atoms with Gasteiger partial charge in [-0.15, -0.1) is 0 Å². The van der Waals surface area contributed by atoms with E-state index in [1.165, 1.54) is 4.68 Å². The van der Waals surface area contributed by atoms with Gasteiger partial charge in [0.05, 0.1) is 12.8 Å². The number of rotatable bonds is 6. The van der Waals surface area contributed by atoms with E-state index < -0.39 is 16.1 Å². The first kappa shape index (κ1) is 19.4. The van der Waals surface area contributed by atoms with Gasteiger partial charge in [-0.1, -0.05) is 23.7 Å². The molecule has 3 aromatic rings. The summed E-state index contributed by atoms with van der Waals surface area (Å²) in [4.78, 5) is 4.27. The molecule has 2 heterocycles. The maximum Gasteiger partial charge on any atom is 0.246 e. The zero-order valence-corrected chi connectivity index (χ0v) is 16.9. The van der Waals surface area contributed by atoms with Crippen molar-refractivity contribution in [1.82, 2.24) is 24.1 Å². The Kier molecular flexibility index (Phi) is 5.27. The number of nitrogens with one attached hydrogen (secondary N) is 1. The molecule has 1 unspecified atom stereocenters. The van der Waals surface area contributed by atoms with Crippen molar-refractivity contribution in [3.63, 3.8) is 0 Å². The van der Waals surface area contributed by atoms with Crippen LogP contribution in [0.1, 0.15) is 23.1 Å². The molecule has 1 aromatic carbocycles. The topological polar surface area (TPSA) is 91.0 Å². The fourth-order valence-electron chi connectivity index (χ4n) is 2.88. The minimum atomic E-state index is -3.97. The van der Waals surface area contributed by atoms with Crippen LogP contribution in [0, 0.1) is 6.92 Å². The number of methoxy groups -OCH3 is 1. The number of hydrogen-bond donors (Lipinski definition) is 1. The second-order valence-electron chi connectivity index (χ2n) is 6.06. The highest BCUT2D eigenvalue weighted by Crippen LogP contribution is 2.29. The number of aryl methyl sites for hydroxylation is 3. The van der Waals surface area contributed by atoms with E-state index in [9.17, 15) is 8.42 Å². The lowest BCUT2D eigenvalue weighted by molar-refractivity contribution is 0.413. The summed E-state index contributed by atoms with van der Waals surface area (Å²) in [5, 5.41) is 4.13. The third kappa shape index (κ3) is 3.71. The summed E-state index contributed by atoms with van der Waals surface area (Å²) in [6.45, 7) is 1.60. The van der Waals surface area contributed by atoms with E-state index in [2.05, 4.69) is 14.8 Å². The third-order valence-electron chi connectivity index (χ3n) is 4.19. The van der Waals surface area contributed by atoms with Crippen molar-refractivity contribution >= 4 is 21.6 Å². The quantitative estimate of drug-likeness (QED) is 0.673. The molecule has 0 bridgehead atoms. The van der Waals surface area contributed by atoms with Crippen molar-refractivity contribution in [3.05, 3.63) is 58.9 Å². The standard InChI is InChI=1S/C17H20ClN5O3S/c1-11-15(16(18)23(3)20-11)27(24,25)21-14(17-19-8-9-22(17)2)12-6-5-7-13(10-12)26-4/h5-10,14,21H,1-4H3. The summed E-state index contributed by atoms with van der Waals surface area (Å²) < 4.78 is 37.3. The number of hydrogen-bond acceptors (Lipinski definition) is 5. The molecule has 144 valence electrons. The van der Waals surface area contributed by atoms with Crippen LogP contribution in [-0.4, -0.2) is 34.9 Å². The van der Waals surface area contributed by atoms with E-state index in [1.54, 1.807) is 63.3 Å². The molecular formula is C17H20ClN5O3S. The predicted molar refractivity (Wildman–Crippen MR) is 101 cm³/mol. The lowest BCUT2D eigenvalue weighted by Gasteiger charge is -2.19. The first-order chi connectivity index (χ1) is 12.7. The van der Waals surface area contributed by atoms with Gasteiger partial charge in [0.25, 0.3) is 0 Å². The minimum Gasteiger partial charge on any atom is -0.497 e. The molecule has 0 aliphatic heterocycles. The normalized spacial score (nSPS) is 12.9. The Balaban J connectivity index is 2.10. The number of halogens is 1. The van der Waals surface area contributed by atoms with E-state index in [0.29, 0.717) is 22.8 Å². The molecule has 0 saturated heterocycles. The van der Waals surface area contributed by atoms with Crippen LogP contribution in [0.5, 0.6) is 5.75 Å². The lowest BCUT2D eigenvalue weighted by atomic mass is 10.1. The predicted octanol–water partition coefficient (Wildman–Crippen LogP) is 2.19. The van der Waals surface area contributed by atoms with Gasteiger partial charge < -0.3 is 9.30 Å². The van der Waals surface area contributed by atoms with Crippen LogP contribution < -0.4 is 9.46 Å². The summed E-state index contributed by atoms with van der Waals surface area (Å²) in [6, 6.07) is 6.42. The monoisotopic (exact) mass is 409 g/mol. The van der Waals surface area contributed by atoms with Gasteiger partial charge in [-0.2, -0.15) is 9.82 Å². The Bertz CT molecular complexity index is 1070. The average Bonchev–Trinajstić information content (AvgIpc) is 3.15. The van der Waals surface area contributed by atoms with Crippen LogP contribution in [0.4, 0.5) is 0 Å². The molecule has 0 aliphatic carbocycles. The first-order valence-electron chi connectivity index (χ1n) is 8.07. The van der Waals surface area contributed by atoms with Gasteiger partial charge in [-0.05, 0) is 24.6 Å². The second-order valence-corrected chi connectivity index (χ2v) is 8.07. The zero-order valence-electron chi connectivity index (χ0n) is 15.3. The summed E-state index contributed by atoms with van der Waals surface area (Å²) in [6.07, 6.45) is 3.36. The fraction of sp³-hybridized carbons (Fsp3) is 0.294. The van der Waals surface area contributed by atoms with E-state index in [1.807, 2.05) is 6.07 Å². The Morgan fingerprint density at radius 3 is 2.59 bits per heavy atom. The number of imidazole rings is 1. The van der Waals surface area contributed by atoms with Crippen LogP contribution in [0.15, 0.2) is 41.6 Å². The van der Waals surface area contributed by atoms with Crippen molar-refractivity contribution in [1.29, 1.82) is 0 Å². The second kappa shape index (κ2) is 7.34. The van der Waals surface area contributed by atoms with Gasteiger partial charge in [0.2, 0.25) is 10.0 Å². The fourth-order valence-corrected chi connectivity index (χ4v) is 4.81. The highest BCUT2D eigenvalue weighted by molar-refractivity contribution is 7.89. The molecule has 0 spiro atoms. The molecule has 3 rings (SSSR count). The maximum absolute atomic E-state index is 13.1.